The van der Waals surface area contributed by atoms with E-state index in [4.69, 9.17) is 0 Å². The molecular weight excluding hydrogens is 331 g/mol. The second-order valence-corrected chi connectivity index (χ2v) is 7.24. The van der Waals surface area contributed by atoms with Crippen molar-refractivity contribution in [1.29, 1.82) is 0 Å². The molecule has 136 valence electrons. The molecule has 1 aromatic heterocycles. The molecular formula is C20H23FN4O. The van der Waals surface area contributed by atoms with Gasteiger partial charge in [-0.05, 0) is 36.6 Å². The maximum Gasteiger partial charge on any atom is 0.225 e. The smallest absolute Gasteiger partial charge is 0.225 e. The number of nitrogens with zero attached hydrogens (tertiary/aromatic N) is 3. The monoisotopic (exact) mass is 354 g/mol. The molecule has 5 nitrogen and oxygen atoms in total. The van der Waals surface area contributed by atoms with Gasteiger partial charge >= 0.3 is 0 Å². The molecule has 4 rings (SSSR count). The van der Waals surface area contributed by atoms with Gasteiger partial charge in [0.05, 0.1) is 6.04 Å². The predicted molar refractivity (Wildman–Crippen MR) is 97.1 cm³/mol. The fourth-order valence-electron chi connectivity index (χ4n) is 3.95. The number of anilines is 1. The third kappa shape index (κ3) is 3.84. The summed E-state index contributed by atoms with van der Waals surface area (Å²) in [5, 5.41) is 3.30. The van der Waals surface area contributed by atoms with Crippen LogP contribution in [0.5, 0.6) is 0 Å². The van der Waals surface area contributed by atoms with Crippen LogP contribution in [0.1, 0.15) is 49.3 Å². The van der Waals surface area contributed by atoms with Crippen LogP contribution in [0.15, 0.2) is 36.5 Å². The van der Waals surface area contributed by atoms with E-state index in [2.05, 4.69) is 15.3 Å². The molecule has 1 unspecified atom stereocenters. The third-order valence-corrected chi connectivity index (χ3v) is 5.26. The van der Waals surface area contributed by atoms with Crippen LogP contribution in [0, 0.1) is 5.82 Å². The Morgan fingerprint density at radius 2 is 2.08 bits per heavy atom. The van der Waals surface area contributed by atoms with Crippen molar-refractivity contribution in [2.24, 2.45) is 0 Å². The largest absolute Gasteiger partial charge is 0.349 e. The highest BCUT2D eigenvalue weighted by atomic mass is 19.1. The van der Waals surface area contributed by atoms with Crippen LogP contribution in [0.3, 0.4) is 0 Å². The van der Waals surface area contributed by atoms with Gasteiger partial charge < -0.3 is 10.2 Å². The summed E-state index contributed by atoms with van der Waals surface area (Å²) < 4.78 is 13.3. The Balaban J connectivity index is 1.39. The van der Waals surface area contributed by atoms with Gasteiger partial charge in [0.15, 0.2) is 0 Å². The molecule has 1 N–H and O–H groups in total. The molecule has 1 aliphatic carbocycles. The van der Waals surface area contributed by atoms with Gasteiger partial charge in [0.25, 0.3) is 0 Å². The number of hydrogen-bond acceptors (Lipinski definition) is 4. The minimum Gasteiger partial charge on any atom is -0.349 e. The molecule has 1 saturated carbocycles. The number of aromatic nitrogens is 2. The molecule has 0 spiro atoms. The average molecular weight is 354 g/mol. The molecule has 26 heavy (non-hydrogen) atoms. The number of amides is 1. The Labute approximate surface area is 152 Å². The van der Waals surface area contributed by atoms with Crippen molar-refractivity contribution in [2.75, 3.05) is 11.9 Å². The number of rotatable bonds is 5. The first-order valence-electron chi connectivity index (χ1n) is 9.29. The molecule has 0 bridgehead atoms. The van der Waals surface area contributed by atoms with Crippen LogP contribution in [-0.2, 0) is 11.3 Å². The highest BCUT2D eigenvalue weighted by molar-refractivity contribution is 5.79. The molecule has 2 aliphatic rings. The fraction of sp³-hybridized carbons (Fsp3) is 0.450. The SMILES string of the molecule is O=C1CC(Nc2nccc(C3CCCC3)n2)CN1Cc1cccc(F)c1. The van der Waals surface area contributed by atoms with E-state index in [1.165, 1.54) is 37.8 Å². The zero-order valence-electron chi connectivity index (χ0n) is 14.7. The van der Waals surface area contributed by atoms with E-state index in [0.29, 0.717) is 31.4 Å². The van der Waals surface area contributed by atoms with Gasteiger partial charge in [-0.15, -0.1) is 0 Å². The molecule has 1 amide bonds. The molecule has 1 aromatic carbocycles. The molecule has 2 aromatic rings. The lowest BCUT2D eigenvalue weighted by Crippen LogP contribution is -2.28. The van der Waals surface area contributed by atoms with Gasteiger partial charge in [-0.2, -0.15) is 0 Å². The third-order valence-electron chi connectivity index (χ3n) is 5.26. The summed E-state index contributed by atoms with van der Waals surface area (Å²) in [6, 6.07) is 8.37. The van der Waals surface area contributed by atoms with Crippen LogP contribution < -0.4 is 5.32 Å². The van der Waals surface area contributed by atoms with E-state index in [9.17, 15) is 9.18 Å². The zero-order chi connectivity index (χ0) is 17.9. The lowest BCUT2D eigenvalue weighted by atomic mass is 10.0. The zero-order valence-corrected chi connectivity index (χ0v) is 14.7. The Kier molecular flexibility index (Phi) is 4.82. The normalized spacial score (nSPS) is 20.7. The summed E-state index contributed by atoms with van der Waals surface area (Å²) in [4.78, 5) is 23.0. The lowest BCUT2D eigenvalue weighted by Gasteiger charge is -2.17. The van der Waals surface area contributed by atoms with Crippen molar-refractivity contribution in [3.05, 3.63) is 53.6 Å². The summed E-state index contributed by atoms with van der Waals surface area (Å²) in [6.07, 6.45) is 7.13. The Hall–Kier alpha value is -2.50. The van der Waals surface area contributed by atoms with Gasteiger partial charge in [0.2, 0.25) is 11.9 Å². The van der Waals surface area contributed by atoms with Gasteiger partial charge in [-0.1, -0.05) is 25.0 Å². The summed E-state index contributed by atoms with van der Waals surface area (Å²) in [6.45, 7) is 1.00. The van der Waals surface area contributed by atoms with Crippen molar-refractivity contribution >= 4 is 11.9 Å². The van der Waals surface area contributed by atoms with Crippen LogP contribution in [0.25, 0.3) is 0 Å². The highest BCUT2D eigenvalue weighted by Gasteiger charge is 2.30. The first-order valence-corrected chi connectivity index (χ1v) is 9.29. The van der Waals surface area contributed by atoms with E-state index < -0.39 is 0 Å². The van der Waals surface area contributed by atoms with Crippen LogP contribution in [0.2, 0.25) is 0 Å². The molecule has 1 atom stereocenters. The van der Waals surface area contributed by atoms with Gasteiger partial charge in [0, 0.05) is 37.3 Å². The summed E-state index contributed by atoms with van der Waals surface area (Å²) in [7, 11) is 0. The first-order chi connectivity index (χ1) is 12.7. The number of halogens is 1. The van der Waals surface area contributed by atoms with Gasteiger partial charge in [-0.25, -0.2) is 14.4 Å². The lowest BCUT2D eigenvalue weighted by molar-refractivity contribution is -0.128. The molecule has 6 heteroatoms. The number of likely N-dealkylation sites (tertiary alicyclic amines) is 1. The second-order valence-electron chi connectivity index (χ2n) is 7.24. The second kappa shape index (κ2) is 7.40. The molecule has 2 heterocycles. The molecule has 2 fully saturated rings. The van der Waals surface area contributed by atoms with E-state index in [0.717, 1.165) is 11.3 Å². The van der Waals surface area contributed by atoms with E-state index >= 15 is 0 Å². The maximum atomic E-state index is 13.3. The van der Waals surface area contributed by atoms with Crippen LogP contribution >= 0.6 is 0 Å². The van der Waals surface area contributed by atoms with Crippen molar-refractivity contribution < 1.29 is 9.18 Å². The first kappa shape index (κ1) is 16.9. The number of hydrogen-bond donors (Lipinski definition) is 1. The minimum atomic E-state index is -0.277. The summed E-state index contributed by atoms with van der Waals surface area (Å²) >= 11 is 0. The minimum absolute atomic E-state index is 0.0186. The van der Waals surface area contributed by atoms with Crippen LogP contribution in [-0.4, -0.2) is 33.4 Å². The molecule has 1 aliphatic heterocycles. The highest BCUT2D eigenvalue weighted by Crippen LogP contribution is 2.33. The maximum absolute atomic E-state index is 13.3. The van der Waals surface area contributed by atoms with Gasteiger partial charge in [0.1, 0.15) is 5.82 Å². The Bertz CT molecular complexity index is 791. The Morgan fingerprint density at radius 1 is 1.23 bits per heavy atom. The van der Waals surface area contributed by atoms with Crippen molar-refractivity contribution in [2.45, 2.75) is 50.6 Å². The van der Waals surface area contributed by atoms with E-state index in [-0.39, 0.29) is 17.8 Å². The van der Waals surface area contributed by atoms with Crippen molar-refractivity contribution in [3.63, 3.8) is 0 Å². The summed E-state index contributed by atoms with van der Waals surface area (Å²) in [5.74, 6) is 0.924. The summed E-state index contributed by atoms with van der Waals surface area (Å²) in [5.41, 5.74) is 1.90. The quantitative estimate of drug-likeness (QED) is 0.893. The Morgan fingerprint density at radius 3 is 2.88 bits per heavy atom. The number of nitrogens with one attached hydrogen (secondary N) is 1. The number of carbonyl (C=O) groups excluding carboxylic acids is 1. The number of carbonyl (C=O) groups is 1. The number of benzene rings is 1. The van der Waals surface area contributed by atoms with E-state index in [1.807, 2.05) is 12.1 Å². The average Bonchev–Trinajstić information content (AvgIpc) is 3.26. The van der Waals surface area contributed by atoms with E-state index in [1.54, 1.807) is 17.2 Å². The van der Waals surface area contributed by atoms with Crippen molar-refractivity contribution in [3.8, 4) is 0 Å². The predicted octanol–water partition coefficient (Wildman–Crippen LogP) is 3.49. The van der Waals surface area contributed by atoms with Gasteiger partial charge in [-0.3, -0.25) is 4.79 Å². The topological polar surface area (TPSA) is 58.1 Å². The van der Waals surface area contributed by atoms with Crippen molar-refractivity contribution in [1.82, 2.24) is 14.9 Å². The standard InChI is InChI=1S/C20H23FN4O/c21-16-7-3-4-14(10-16)12-25-13-17(11-19(25)26)23-20-22-9-8-18(24-20)15-5-1-2-6-15/h3-4,7-10,15,17H,1-2,5-6,11-13H2,(H,22,23,24). The fourth-order valence-corrected chi connectivity index (χ4v) is 3.95. The van der Waals surface area contributed by atoms with Crippen LogP contribution in [0.4, 0.5) is 10.3 Å². The molecule has 1 saturated heterocycles. The molecule has 0 radical (unpaired) electrons.